The number of hydrogen-bond donors (Lipinski definition) is 14. The summed E-state index contributed by atoms with van der Waals surface area (Å²) >= 11 is 0. The minimum absolute atomic E-state index is 0.00558. The molecule has 0 saturated carbocycles. The number of amides is 11. The van der Waals surface area contributed by atoms with Crippen molar-refractivity contribution in [3.8, 4) is 5.75 Å². The van der Waals surface area contributed by atoms with Crippen LogP contribution in [0.2, 0.25) is 0 Å². The molecule has 41 heteroatoms. The fourth-order valence-corrected chi connectivity index (χ4v) is 17.3. The summed E-state index contributed by atoms with van der Waals surface area (Å²) in [5.41, 5.74) is 9.28. The predicted molar refractivity (Wildman–Crippen MR) is 414 cm³/mol. The smallest absolute Gasteiger partial charge is 0.410 e. The second-order valence-electron chi connectivity index (χ2n) is 28.4. The largest absolute Gasteiger partial charge is 0.414 e. The lowest BCUT2D eigenvalue weighted by atomic mass is 9.85. The summed E-state index contributed by atoms with van der Waals surface area (Å²) in [5.74, 6) is -17.3. The zero-order valence-electron chi connectivity index (χ0n) is 64.1. The average Bonchev–Trinajstić information content (AvgIpc) is 1.70. The number of primary amides is 1. The van der Waals surface area contributed by atoms with E-state index in [0.717, 1.165) is 33.5 Å². The lowest BCUT2D eigenvalue weighted by molar-refractivity contribution is -0.145. The molecule has 15 N–H and O–H groups in total. The average molecular weight is 1660 g/mol. The summed E-state index contributed by atoms with van der Waals surface area (Å²) in [7, 11) is -3.23. The maximum atomic E-state index is 15.3. The molecule has 7 rings (SSSR count). The van der Waals surface area contributed by atoms with Crippen LogP contribution in [0.5, 0.6) is 5.75 Å². The molecule has 4 aromatic rings. The maximum absolute atomic E-state index is 15.3. The second-order valence-corrected chi connectivity index (χ2v) is 34.4. The topological polar surface area (TPSA) is 552 Å². The van der Waals surface area contributed by atoms with Crippen molar-refractivity contribution in [2.24, 2.45) is 29.4 Å². The highest BCUT2D eigenvalue weighted by atomic mass is 33.1. The van der Waals surface area contributed by atoms with Gasteiger partial charge in [0.2, 0.25) is 53.2 Å². The Balaban J connectivity index is 1.07. The quantitative estimate of drug-likeness (QED) is 0.0156. The number of carbonyl (C=O) groups excluding carboxylic acids is 13. The number of ether oxygens (including phenoxy) is 3. The first-order valence-electron chi connectivity index (χ1n) is 37.0. The van der Waals surface area contributed by atoms with Gasteiger partial charge in [0.15, 0.2) is 11.6 Å². The lowest BCUT2D eigenvalue weighted by Gasteiger charge is -2.33. The normalized spacial score (nSPS) is 21.8. The molecule has 3 aliphatic rings. The summed E-state index contributed by atoms with van der Waals surface area (Å²) in [6.45, 7) is 8.86. The molecule has 5 heterocycles. The van der Waals surface area contributed by atoms with Crippen molar-refractivity contribution in [2.75, 3.05) is 96.6 Å². The van der Waals surface area contributed by atoms with Crippen molar-refractivity contribution in [3.05, 3.63) is 58.9 Å². The Morgan fingerprint density at radius 2 is 1.50 bits per heavy atom. The fraction of sp³-hybridized carbons (Fsp3) is 0.597. The number of fused-ring (bicyclic) bond motifs is 6. The number of nitrogens with two attached hydrogens (primary N) is 1. The van der Waals surface area contributed by atoms with Gasteiger partial charge in [-0.05, 0) is 74.9 Å². The van der Waals surface area contributed by atoms with Crippen molar-refractivity contribution in [2.45, 2.75) is 158 Å². The van der Waals surface area contributed by atoms with E-state index in [1.807, 2.05) is 13.8 Å². The minimum atomic E-state index is -4.49. The van der Waals surface area contributed by atoms with Gasteiger partial charge < -0.3 is 92.6 Å². The second kappa shape index (κ2) is 42.5. The van der Waals surface area contributed by atoms with Crippen LogP contribution >= 0.6 is 21.6 Å². The summed E-state index contributed by atoms with van der Waals surface area (Å²) in [5, 5.41) is 52.5. The van der Waals surface area contributed by atoms with Gasteiger partial charge in [-0.25, -0.2) is 14.8 Å². The highest BCUT2D eigenvalue weighted by molar-refractivity contribution is 8.77. The summed E-state index contributed by atoms with van der Waals surface area (Å²) < 4.78 is 63.6. The Bertz CT molecular complexity index is 4300. The number of carbonyl (C=O) groups is 13. The van der Waals surface area contributed by atoms with Crippen LogP contribution in [0, 0.1) is 23.7 Å². The van der Waals surface area contributed by atoms with Crippen LogP contribution in [0.4, 0.5) is 4.79 Å². The molecule has 1 saturated heterocycles. The number of ketones is 2. The number of aliphatic hydroxyl groups is 3. The molecule has 37 nitrogen and oxygen atoms in total. The number of aromatic nitrogens is 3. The Kier molecular flexibility index (Phi) is 34.4. The maximum Gasteiger partial charge on any atom is 0.414 e. The van der Waals surface area contributed by atoms with Crippen molar-refractivity contribution >= 4 is 141 Å². The van der Waals surface area contributed by atoms with Crippen LogP contribution < -0.4 is 53.0 Å². The molecule has 2 aromatic heterocycles. The first-order chi connectivity index (χ1) is 53.5. The first-order valence-corrected chi connectivity index (χ1v) is 42.3. The van der Waals surface area contributed by atoms with E-state index in [0.29, 0.717) is 29.4 Å². The fourth-order valence-electron chi connectivity index (χ4n) is 12.9. The molecule has 2 aromatic carbocycles. The highest BCUT2D eigenvalue weighted by Crippen LogP contribution is 2.39. The standard InChI is InChI=1S/C72H102N14O23S4/c1-9-38(4)61-67(99)77-33-59(94)80-52-37-112(103)69-46(26-41(65(97)76-34-60(95)82-61)28-55(90)62(39(5)56(91)36-87)84-66(98)53-31-43(88)35-86(53)70(101)42(29-54(52)89)30-57(73)92)45-14-13-44(32-50(45)81-69)109-71(102)85(8)19-24-110-111-72(6,7)63(68(100)75-18-25-113(104,105)106)83-58(93)16-20-107-22-23-108-21-17-74-64(96)40-12-15-49-51(27-40)79-48(11-3)47(10-2)78-49/h12-15,27,32,38-39,41-43,52-53,56,61-63,81,87-88,91H,9-11,16-26,28-31,33-37H2,1-8H3,(H2,73,92)(H,74,96)(H,75,100)(H,76,97)(H,77,99)(H,80,94)(H,82,95)(H,83,93)(H,84,98)(H,104,105,106)/t38-,39-,41-,42-,43+,52-,53-,56-,61-,62-,63?,112?/m0/s1. The van der Waals surface area contributed by atoms with Gasteiger partial charge >= 0.3 is 6.09 Å². The molecule has 1 fully saturated rings. The molecule has 113 heavy (non-hydrogen) atoms. The Hall–Kier alpha value is -8.81. The number of nitrogens with zero attached hydrogens (tertiary/aromatic N) is 4. The Labute approximate surface area is 663 Å². The molecule has 2 unspecified atom stereocenters. The molecule has 11 amide bonds. The first kappa shape index (κ1) is 91.4. The summed E-state index contributed by atoms with van der Waals surface area (Å²) in [4.78, 5) is 196. The number of aromatic amines is 1. The summed E-state index contributed by atoms with van der Waals surface area (Å²) in [6, 6.07) is 1.46. The molecule has 2 bridgehead atoms. The third kappa shape index (κ3) is 26.4. The number of H-pyrrole nitrogens is 1. The van der Waals surface area contributed by atoms with E-state index < -0.39 is 239 Å². The number of Topliss-reactive ketones (excluding diaryl/α,β-unsaturated/α-hetero) is 2. The van der Waals surface area contributed by atoms with Gasteiger partial charge in [-0.2, -0.15) is 8.42 Å². The lowest BCUT2D eigenvalue weighted by Crippen LogP contribution is -2.56. The van der Waals surface area contributed by atoms with Crippen molar-refractivity contribution in [3.63, 3.8) is 0 Å². The van der Waals surface area contributed by atoms with Gasteiger partial charge in [0.25, 0.3) is 16.0 Å². The minimum Gasteiger partial charge on any atom is -0.410 e. The van der Waals surface area contributed by atoms with Gasteiger partial charge in [0, 0.05) is 105 Å². The molecule has 12 atom stereocenters. The number of benzene rings is 2. The molecule has 0 radical (unpaired) electrons. The van der Waals surface area contributed by atoms with Crippen molar-refractivity contribution < 1.29 is 109 Å². The van der Waals surface area contributed by atoms with Gasteiger partial charge in [-0.3, -0.25) is 66.3 Å². The predicted octanol–water partition coefficient (Wildman–Crippen LogP) is -1.44. The molecule has 3 aliphatic heterocycles. The number of aliphatic hydroxyl groups excluding tert-OH is 3. The molecular formula is C72H102N14O23S4. The van der Waals surface area contributed by atoms with Crippen LogP contribution in [-0.4, -0.2) is 278 Å². The van der Waals surface area contributed by atoms with Gasteiger partial charge in [-0.15, -0.1) is 0 Å². The van der Waals surface area contributed by atoms with E-state index in [-0.39, 0.29) is 84.8 Å². The van der Waals surface area contributed by atoms with Crippen LogP contribution in [0.15, 0.2) is 41.4 Å². The third-order valence-corrected chi connectivity index (χ3v) is 24.9. The zero-order chi connectivity index (χ0) is 83.2. The SMILES string of the molecule is CCc1nc2ccc(C(=O)NCCOCCOCCC(=O)NC(C(=O)NCCS(=O)(=O)O)C(C)(C)SSCCN(C)C(=O)Oc3ccc4c5c([nH]c4c3)S(=O)C[C@@H]3NC(=O)CNC(=O)[C@H]([C@@H](C)CC)NC(=O)CNC(=O)[C@H](CC(=O)[C@H]([C@@H](C)[C@@H](O)CO)NC(=O)[C@@H]4C[C@@H](O)CN4C(=O)[C@H](CC(N)=O)CC3=O)C5)cc2nc1CC. The molecule has 622 valence electrons. The van der Waals surface area contributed by atoms with E-state index in [2.05, 4.69) is 52.5 Å². The van der Waals surface area contributed by atoms with Crippen LogP contribution in [-0.2, 0) is 102 Å². The molecule has 0 aliphatic carbocycles. The van der Waals surface area contributed by atoms with E-state index in [1.54, 1.807) is 45.9 Å². The van der Waals surface area contributed by atoms with Crippen LogP contribution in [0.25, 0.3) is 21.9 Å². The molecule has 0 spiro atoms. The Morgan fingerprint density at radius 1 is 0.823 bits per heavy atom. The summed E-state index contributed by atoms with van der Waals surface area (Å²) in [6.07, 6.45) is -5.93. The van der Waals surface area contributed by atoms with E-state index in [9.17, 15) is 85.8 Å². The number of aryl methyl sites for hydroxylation is 2. The highest BCUT2D eigenvalue weighted by Gasteiger charge is 2.46. The number of nitrogens with one attached hydrogen (secondary N) is 9. The Morgan fingerprint density at radius 3 is 2.16 bits per heavy atom. The van der Waals surface area contributed by atoms with E-state index >= 15 is 9.00 Å². The van der Waals surface area contributed by atoms with Gasteiger partial charge in [0.05, 0.1) is 127 Å². The third-order valence-electron chi connectivity index (χ3n) is 19.5. The zero-order valence-corrected chi connectivity index (χ0v) is 67.4. The monoisotopic (exact) mass is 1660 g/mol. The van der Waals surface area contributed by atoms with Crippen molar-refractivity contribution in [1.29, 1.82) is 0 Å². The van der Waals surface area contributed by atoms with Crippen LogP contribution in [0.1, 0.15) is 114 Å². The van der Waals surface area contributed by atoms with E-state index in [4.69, 9.17) is 24.9 Å². The van der Waals surface area contributed by atoms with Crippen molar-refractivity contribution in [1.82, 2.24) is 67.3 Å². The van der Waals surface area contributed by atoms with Gasteiger partial charge in [0.1, 0.15) is 28.9 Å². The number of hydrogen-bond acceptors (Lipinski definition) is 26. The van der Waals surface area contributed by atoms with Crippen LogP contribution in [0.3, 0.4) is 0 Å². The number of rotatable bonds is 31. The van der Waals surface area contributed by atoms with E-state index in [1.165, 1.54) is 47.9 Å². The molecular weight excluding hydrogens is 1560 g/mol. The van der Waals surface area contributed by atoms with Gasteiger partial charge in [-0.1, -0.05) is 62.6 Å².